The van der Waals surface area contributed by atoms with Gasteiger partial charge < -0.3 is 23.7 Å². The van der Waals surface area contributed by atoms with Crippen molar-refractivity contribution in [1.29, 1.82) is 0 Å². The third-order valence-electron chi connectivity index (χ3n) is 4.66. The maximum atomic E-state index is 12.5. The van der Waals surface area contributed by atoms with Gasteiger partial charge in [0, 0.05) is 32.3 Å². The average molecular weight is 378 g/mol. The second-order valence-electron chi connectivity index (χ2n) is 6.65. The Bertz CT molecular complexity index is 718. The van der Waals surface area contributed by atoms with E-state index in [0.29, 0.717) is 0 Å². The second-order valence-corrected chi connectivity index (χ2v) is 6.65. The van der Waals surface area contributed by atoms with Crippen LogP contribution in [0.4, 0.5) is 0 Å². The van der Waals surface area contributed by atoms with Gasteiger partial charge in [-0.15, -0.1) is 0 Å². The highest BCUT2D eigenvalue weighted by molar-refractivity contribution is 5.83. The Morgan fingerprint density at radius 1 is 1.04 bits per heavy atom. The smallest absolute Gasteiger partial charge is 0.350 e. The first-order valence-corrected chi connectivity index (χ1v) is 8.66. The maximum Gasteiger partial charge on any atom is 0.350 e. The van der Waals surface area contributed by atoms with Crippen LogP contribution in [0, 0.1) is 0 Å². The number of rotatable bonds is 4. The molecule has 27 heavy (non-hydrogen) atoms. The van der Waals surface area contributed by atoms with Crippen LogP contribution in [0.5, 0.6) is 0 Å². The van der Waals surface area contributed by atoms with Gasteiger partial charge in [0.2, 0.25) is 5.60 Å². The van der Waals surface area contributed by atoms with Crippen molar-refractivity contribution >= 4 is 17.9 Å². The van der Waals surface area contributed by atoms with Crippen LogP contribution < -0.4 is 0 Å². The summed E-state index contributed by atoms with van der Waals surface area (Å²) in [4.78, 5) is 35.7. The van der Waals surface area contributed by atoms with Gasteiger partial charge in [0.15, 0.2) is 6.29 Å². The summed E-state index contributed by atoms with van der Waals surface area (Å²) in [5.41, 5.74) is -0.804. The van der Waals surface area contributed by atoms with Gasteiger partial charge in [0.25, 0.3) is 0 Å². The molecule has 1 saturated heterocycles. The summed E-state index contributed by atoms with van der Waals surface area (Å²) in [5, 5.41) is 0. The van der Waals surface area contributed by atoms with Gasteiger partial charge >= 0.3 is 17.9 Å². The van der Waals surface area contributed by atoms with E-state index in [0.717, 1.165) is 5.56 Å². The lowest BCUT2D eigenvalue weighted by atomic mass is 9.79. The summed E-state index contributed by atoms with van der Waals surface area (Å²) < 4.78 is 27.6. The van der Waals surface area contributed by atoms with Crippen molar-refractivity contribution in [2.24, 2.45) is 0 Å². The Labute approximate surface area is 156 Å². The first kappa shape index (κ1) is 19.3. The van der Waals surface area contributed by atoms with Crippen LogP contribution in [0.1, 0.15) is 38.5 Å². The zero-order chi connectivity index (χ0) is 19.6. The van der Waals surface area contributed by atoms with Crippen molar-refractivity contribution in [3.63, 3.8) is 0 Å². The summed E-state index contributed by atoms with van der Waals surface area (Å²) >= 11 is 0. The quantitative estimate of drug-likeness (QED) is 0.576. The zero-order valence-electron chi connectivity index (χ0n) is 15.4. The van der Waals surface area contributed by atoms with Gasteiger partial charge in [-0.25, -0.2) is 4.79 Å². The summed E-state index contributed by atoms with van der Waals surface area (Å²) in [7, 11) is 1.21. The first-order valence-electron chi connectivity index (χ1n) is 8.66. The Morgan fingerprint density at radius 2 is 1.74 bits per heavy atom. The van der Waals surface area contributed by atoms with Crippen LogP contribution in [0.3, 0.4) is 0 Å². The molecule has 0 spiro atoms. The normalized spacial score (nSPS) is 32.3. The van der Waals surface area contributed by atoms with Gasteiger partial charge in [-0.3, -0.25) is 9.59 Å². The predicted molar refractivity (Wildman–Crippen MR) is 90.2 cm³/mol. The lowest BCUT2D eigenvalue weighted by molar-refractivity contribution is -0.200. The minimum atomic E-state index is -1.60. The number of ether oxygens (including phenoxy) is 5. The molecule has 8 heteroatoms. The fraction of sp³-hybridized carbons (Fsp3) is 0.526. The first-order chi connectivity index (χ1) is 12.8. The minimum absolute atomic E-state index is 0.0466. The zero-order valence-corrected chi connectivity index (χ0v) is 15.4. The Kier molecular flexibility index (Phi) is 5.48. The number of methoxy groups -OCH3 is 1. The molecule has 1 aromatic carbocycles. The summed E-state index contributed by atoms with van der Waals surface area (Å²) in [5.74, 6) is -1.90. The van der Waals surface area contributed by atoms with Crippen molar-refractivity contribution in [3.05, 3.63) is 35.9 Å². The largest absolute Gasteiger partial charge is 0.466 e. The van der Waals surface area contributed by atoms with Crippen LogP contribution in [0.2, 0.25) is 0 Å². The van der Waals surface area contributed by atoms with Crippen molar-refractivity contribution in [2.75, 3.05) is 7.11 Å². The molecule has 1 saturated carbocycles. The monoisotopic (exact) mass is 378 g/mol. The molecule has 1 aliphatic carbocycles. The highest BCUT2D eigenvalue weighted by Crippen LogP contribution is 2.45. The highest BCUT2D eigenvalue weighted by Gasteiger charge is 2.59. The van der Waals surface area contributed by atoms with E-state index in [2.05, 4.69) is 0 Å². The molecule has 2 aliphatic rings. The second kappa shape index (κ2) is 7.66. The van der Waals surface area contributed by atoms with Crippen LogP contribution in [-0.4, -0.2) is 48.9 Å². The number of hydrogen-bond acceptors (Lipinski definition) is 8. The minimum Gasteiger partial charge on any atom is -0.466 e. The van der Waals surface area contributed by atoms with E-state index in [1.54, 1.807) is 0 Å². The fourth-order valence-electron chi connectivity index (χ4n) is 3.68. The standard InChI is InChI=1S/C19H22O8/c1-11(20)24-14-9-19(18(22)23-3,27-12(2)21)10-15-16(14)26-17(25-15)13-7-5-4-6-8-13/h4-8,14-17H,9-10H2,1-3H3/t14-,15-,16+,17?,19-/m1/s1. The molecule has 0 bridgehead atoms. The number of fused-ring (bicyclic) bond motifs is 1. The number of esters is 3. The average Bonchev–Trinajstić information content (AvgIpc) is 3.05. The number of carbonyl (C=O) groups excluding carboxylic acids is 3. The van der Waals surface area contributed by atoms with E-state index in [4.69, 9.17) is 23.7 Å². The summed E-state index contributed by atoms with van der Waals surface area (Å²) in [6.45, 7) is 2.47. The fourth-order valence-corrected chi connectivity index (χ4v) is 3.68. The molecule has 1 aromatic rings. The third-order valence-corrected chi connectivity index (χ3v) is 4.66. The van der Waals surface area contributed by atoms with Crippen LogP contribution in [-0.2, 0) is 38.1 Å². The molecule has 0 amide bonds. The summed E-state index contributed by atoms with van der Waals surface area (Å²) in [6.07, 6.45) is -2.73. The molecule has 3 rings (SSSR count). The van der Waals surface area contributed by atoms with E-state index in [9.17, 15) is 14.4 Å². The molecular formula is C19H22O8. The number of hydrogen-bond donors (Lipinski definition) is 0. The lowest BCUT2D eigenvalue weighted by Gasteiger charge is -2.41. The van der Waals surface area contributed by atoms with Crippen molar-refractivity contribution in [2.45, 2.75) is 56.9 Å². The highest BCUT2D eigenvalue weighted by atomic mass is 16.7. The maximum absolute atomic E-state index is 12.5. The molecule has 5 atom stereocenters. The Hall–Kier alpha value is -2.45. The van der Waals surface area contributed by atoms with Crippen molar-refractivity contribution in [1.82, 2.24) is 0 Å². The van der Waals surface area contributed by atoms with E-state index in [1.807, 2.05) is 30.3 Å². The topological polar surface area (TPSA) is 97.4 Å². The van der Waals surface area contributed by atoms with Gasteiger partial charge in [0.05, 0.1) is 13.2 Å². The molecule has 0 N–H and O–H groups in total. The molecule has 2 fully saturated rings. The van der Waals surface area contributed by atoms with E-state index in [-0.39, 0.29) is 12.8 Å². The van der Waals surface area contributed by atoms with Crippen molar-refractivity contribution in [3.8, 4) is 0 Å². The van der Waals surface area contributed by atoms with E-state index >= 15 is 0 Å². The van der Waals surface area contributed by atoms with Gasteiger partial charge in [-0.2, -0.15) is 0 Å². The van der Waals surface area contributed by atoms with Gasteiger partial charge in [0.1, 0.15) is 12.2 Å². The molecule has 1 heterocycles. The van der Waals surface area contributed by atoms with E-state index < -0.39 is 48.1 Å². The van der Waals surface area contributed by atoms with E-state index in [1.165, 1.54) is 21.0 Å². The molecule has 0 radical (unpaired) electrons. The van der Waals surface area contributed by atoms with Crippen LogP contribution in [0.15, 0.2) is 30.3 Å². The lowest BCUT2D eigenvalue weighted by Crippen LogP contribution is -2.58. The third kappa shape index (κ3) is 3.96. The predicted octanol–water partition coefficient (Wildman–Crippen LogP) is 1.67. The molecule has 146 valence electrons. The molecular weight excluding hydrogens is 356 g/mol. The van der Waals surface area contributed by atoms with Gasteiger partial charge in [-0.1, -0.05) is 30.3 Å². The molecule has 0 aromatic heterocycles. The number of benzene rings is 1. The van der Waals surface area contributed by atoms with Crippen molar-refractivity contribution < 1.29 is 38.1 Å². The molecule has 1 unspecified atom stereocenters. The van der Waals surface area contributed by atoms with Crippen LogP contribution in [0.25, 0.3) is 0 Å². The molecule has 1 aliphatic heterocycles. The van der Waals surface area contributed by atoms with Crippen LogP contribution >= 0.6 is 0 Å². The van der Waals surface area contributed by atoms with Gasteiger partial charge in [-0.05, 0) is 0 Å². The summed E-state index contributed by atoms with van der Waals surface area (Å²) in [6, 6.07) is 9.28. The molecule has 8 nitrogen and oxygen atoms in total. The Morgan fingerprint density at radius 3 is 2.33 bits per heavy atom. The number of carbonyl (C=O) groups is 3. The SMILES string of the molecule is COC(=O)[C@@]1(OC(C)=O)C[C@@H](OC(C)=O)[C@@H]2OC(c3ccccc3)O[C@@H]2C1. The Balaban J connectivity index is 1.91.